The molecule has 0 aliphatic carbocycles. The van der Waals surface area contributed by atoms with Crippen LogP contribution < -0.4 is 5.32 Å². The predicted octanol–water partition coefficient (Wildman–Crippen LogP) is 4.58. The van der Waals surface area contributed by atoms with E-state index in [4.69, 9.17) is 11.6 Å². The van der Waals surface area contributed by atoms with Crippen LogP contribution >= 0.6 is 11.6 Å². The third-order valence-electron chi connectivity index (χ3n) is 4.16. The van der Waals surface area contributed by atoms with Crippen molar-refractivity contribution in [2.24, 2.45) is 0 Å². The molecule has 0 saturated carbocycles. The summed E-state index contributed by atoms with van der Waals surface area (Å²) in [7, 11) is 1.56. The minimum absolute atomic E-state index is 0.0122. The van der Waals surface area contributed by atoms with Gasteiger partial charge in [0.1, 0.15) is 0 Å². The number of benzene rings is 2. The SMILES string of the molecule is CC(=O)NC(CC(=O)N(C)Cc1ccc(C(F)(F)F)cc1)c1ccc(Cl)cc1. The molecule has 0 heterocycles. The zero-order valence-electron chi connectivity index (χ0n) is 15.4. The van der Waals surface area contributed by atoms with Crippen molar-refractivity contribution in [3.63, 3.8) is 0 Å². The smallest absolute Gasteiger partial charge is 0.349 e. The Morgan fingerprint density at radius 1 is 1.07 bits per heavy atom. The Hall–Kier alpha value is -2.54. The number of nitrogens with one attached hydrogen (secondary N) is 1. The zero-order chi connectivity index (χ0) is 20.9. The molecular weight excluding hydrogens is 393 g/mol. The Morgan fingerprint density at radius 3 is 2.14 bits per heavy atom. The number of nitrogens with zero attached hydrogens (tertiary/aromatic N) is 1. The lowest BCUT2D eigenvalue weighted by Gasteiger charge is -2.23. The first-order valence-corrected chi connectivity index (χ1v) is 8.86. The van der Waals surface area contributed by atoms with Gasteiger partial charge in [0.2, 0.25) is 11.8 Å². The molecule has 28 heavy (non-hydrogen) atoms. The molecule has 1 atom stereocenters. The lowest BCUT2D eigenvalue weighted by atomic mass is 10.0. The van der Waals surface area contributed by atoms with Gasteiger partial charge in [-0.3, -0.25) is 9.59 Å². The number of carbonyl (C=O) groups is 2. The monoisotopic (exact) mass is 412 g/mol. The Bertz CT molecular complexity index is 821. The van der Waals surface area contributed by atoms with Crippen LogP contribution in [-0.2, 0) is 22.3 Å². The lowest BCUT2D eigenvalue weighted by Crippen LogP contribution is -2.33. The molecule has 0 spiro atoms. The number of carbonyl (C=O) groups excluding carboxylic acids is 2. The fourth-order valence-electron chi connectivity index (χ4n) is 2.68. The van der Waals surface area contributed by atoms with E-state index < -0.39 is 17.8 Å². The zero-order valence-corrected chi connectivity index (χ0v) is 16.1. The first-order chi connectivity index (χ1) is 13.1. The molecule has 8 heteroatoms. The van der Waals surface area contributed by atoms with Crippen LogP contribution in [0.1, 0.15) is 36.1 Å². The molecular formula is C20H20ClF3N2O2. The first-order valence-electron chi connectivity index (χ1n) is 8.49. The lowest BCUT2D eigenvalue weighted by molar-refractivity contribution is -0.137. The summed E-state index contributed by atoms with van der Waals surface area (Å²) in [6.07, 6.45) is -4.39. The van der Waals surface area contributed by atoms with Gasteiger partial charge in [-0.15, -0.1) is 0 Å². The van der Waals surface area contributed by atoms with E-state index in [0.717, 1.165) is 17.7 Å². The van der Waals surface area contributed by atoms with Gasteiger partial charge in [-0.25, -0.2) is 0 Å². The first kappa shape index (κ1) is 21.8. The largest absolute Gasteiger partial charge is 0.416 e. The molecule has 0 aliphatic rings. The van der Waals surface area contributed by atoms with Gasteiger partial charge in [0.05, 0.1) is 18.0 Å². The van der Waals surface area contributed by atoms with Crippen molar-refractivity contribution in [2.75, 3.05) is 7.05 Å². The van der Waals surface area contributed by atoms with Crippen molar-refractivity contribution >= 4 is 23.4 Å². The molecule has 0 aliphatic heterocycles. The molecule has 0 bridgehead atoms. The van der Waals surface area contributed by atoms with Gasteiger partial charge in [-0.05, 0) is 35.4 Å². The molecule has 4 nitrogen and oxygen atoms in total. The van der Waals surface area contributed by atoms with Crippen LogP contribution in [0.25, 0.3) is 0 Å². The maximum atomic E-state index is 12.6. The van der Waals surface area contributed by atoms with E-state index in [1.54, 1.807) is 31.3 Å². The second kappa shape index (κ2) is 9.10. The molecule has 2 amide bonds. The fourth-order valence-corrected chi connectivity index (χ4v) is 2.81. The molecule has 2 aromatic rings. The van der Waals surface area contributed by atoms with Crippen LogP contribution in [0.3, 0.4) is 0 Å². The van der Waals surface area contributed by atoms with E-state index in [2.05, 4.69) is 5.32 Å². The van der Waals surface area contributed by atoms with Crippen molar-refractivity contribution in [3.8, 4) is 0 Å². The van der Waals surface area contributed by atoms with Crippen LogP contribution in [-0.4, -0.2) is 23.8 Å². The summed E-state index contributed by atoms with van der Waals surface area (Å²) in [5, 5.41) is 3.27. The minimum Gasteiger partial charge on any atom is -0.349 e. The summed E-state index contributed by atoms with van der Waals surface area (Å²) >= 11 is 5.87. The van der Waals surface area contributed by atoms with Crippen LogP contribution in [0.4, 0.5) is 13.2 Å². The summed E-state index contributed by atoms with van der Waals surface area (Å²) in [5.74, 6) is -0.535. The number of hydrogen-bond acceptors (Lipinski definition) is 2. The second-order valence-electron chi connectivity index (χ2n) is 6.45. The average Bonchev–Trinajstić information content (AvgIpc) is 2.61. The van der Waals surface area contributed by atoms with Crippen LogP contribution in [0.2, 0.25) is 5.02 Å². The number of hydrogen-bond donors (Lipinski definition) is 1. The van der Waals surface area contributed by atoms with Gasteiger partial charge in [-0.2, -0.15) is 13.2 Å². The minimum atomic E-state index is -4.40. The molecule has 0 fully saturated rings. The maximum absolute atomic E-state index is 12.6. The highest BCUT2D eigenvalue weighted by Gasteiger charge is 2.30. The molecule has 2 rings (SSSR count). The molecule has 1 unspecified atom stereocenters. The summed E-state index contributed by atoms with van der Waals surface area (Å²) in [6, 6.07) is 10.9. The van der Waals surface area contributed by atoms with Gasteiger partial charge in [0, 0.05) is 25.5 Å². The summed E-state index contributed by atoms with van der Waals surface area (Å²) in [4.78, 5) is 25.5. The van der Waals surface area contributed by atoms with Crippen LogP contribution in [0.15, 0.2) is 48.5 Å². The Kier molecular flexibility index (Phi) is 7.07. The van der Waals surface area contributed by atoms with Gasteiger partial charge < -0.3 is 10.2 Å². The topological polar surface area (TPSA) is 49.4 Å². The third-order valence-corrected chi connectivity index (χ3v) is 4.41. The van der Waals surface area contributed by atoms with E-state index in [9.17, 15) is 22.8 Å². The number of rotatable bonds is 6. The second-order valence-corrected chi connectivity index (χ2v) is 6.89. The fraction of sp³-hybridized carbons (Fsp3) is 0.300. The van der Waals surface area contributed by atoms with E-state index in [1.165, 1.54) is 24.0 Å². The number of alkyl halides is 3. The van der Waals surface area contributed by atoms with Gasteiger partial charge in [-0.1, -0.05) is 35.9 Å². The summed E-state index contributed by atoms with van der Waals surface area (Å²) in [6.45, 7) is 1.52. The predicted molar refractivity (Wildman–Crippen MR) is 101 cm³/mol. The molecule has 150 valence electrons. The molecule has 0 saturated heterocycles. The van der Waals surface area contributed by atoms with Crippen molar-refractivity contribution < 1.29 is 22.8 Å². The third kappa shape index (κ3) is 6.27. The van der Waals surface area contributed by atoms with E-state index in [0.29, 0.717) is 10.6 Å². The van der Waals surface area contributed by atoms with E-state index >= 15 is 0 Å². The molecule has 0 radical (unpaired) electrons. The summed E-state index contributed by atoms with van der Waals surface area (Å²) in [5.41, 5.74) is 0.570. The highest BCUT2D eigenvalue weighted by Crippen LogP contribution is 2.29. The van der Waals surface area contributed by atoms with E-state index in [-0.39, 0.29) is 24.8 Å². The van der Waals surface area contributed by atoms with Gasteiger partial charge in [0.15, 0.2) is 0 Å². The Morgan fingerprint density at radius 2 is 1.64 bits per heavy atom. The Balaban J connectivity index is 2.05. The number of halogens is 4. The van der Waals surface area contributed by atoms with Crippen molar-refractivity contribution in [1.82, 2.24) is 10.2 Å². The standard InChI is InChI=1S/C20H20ClF3N2O2/c1-13(27)25-18(15-5-9-17(21)10-6-15)11-19(28)26(2)12-14-3-7-16(8-4-14)20(22,23)24/h3-10,18H,11-12H2,1-2H3,(H,25,27). The van der Waals surface area contributed by atoms with Gasteiger partial charge in [0.25, 0.3) is 0 Å². The van der Waals surface area contributed by atoms with Crippen LogP contribution in [0, 0.1) is 0 Å². The average molecular weight is 413 g/mol. The van der Waals surface area contributed by atoms with E-state index in [1.807, 2.05) is 0 Å². The molecule has 0 aromatic heterocycles. The number of amides is 2. The molecule has 2 aromatic carbocycles. The van der Waals surface area contributed by atoms with Crippen molar-refractivity contribution in [3.05, 3.63) is 70.2 Å². The highest BCUT2D eigenvalue weighted by atomic mass is 35.5. The van der Waals surface area contributed by atoms with Crippen LogP contribution in [0.5, 0.6) is 0 Å². The Labute approximate surface area is 166 Å². The quantitative estimate of drug-likeness (QED) is 0.754. The van der Waals surface area contributed by atoms with Crippen molar-refractivity contribution in [1.29, 1.82) is 0 Å². The highest BCUT2D eigenvalue weighted by molar-refractivity contribution is 6.30. The summed E-state index contributed by atoms with van der Waals surface area (Å²) < 4.78 is 37.9. The van der Waals surface area contributed by atoms with Gasteiger partial charge >= 0.3 is 6.18 Å². The molecule has 1 N–H and O–H groups in total. The maximum Gasteiger partial charge on any atom is 0.416 e. The van der Waals surface area contributed by atoms with Crippen molar-refractivity contribution in [2.45, 2.75) is 32.1 Å². The normalized spacial score (nSPS) is 12.4.